The number of fused-ring (bicyclic) bond motifs is 1. The Bertz CT molecular complexity index is 593. The van der Waals surface area contributed by atoms with Crippen LogP contribution in [0.5, 0.6) is 0 Å². The number of hydrogen-bond donors (Lipinski definition) is 2. The maximum atomic E-state index is 9.53. The van der Waals surface area contributed by atoms with Crippen molar-refractivity contribution in [3.05, 3.63) is 24.0 Å². The molecule has 3 rings (SSSR count). The molecule has 0 unspecified atom stereocenters. The summed E-state index contributed by atoms with van der Waals surface area (Å²) in [5.41, 5.74) is 8.89. The molecular weight excluding hydrogens is 238 g/mol. The van der Waals surface area contributed by atoms with Crippen LogP contribution in [-0.2, 0) is 13.2 Å². The van der Waals surface area contributed by atoms with E-state index in [2.05, 4.69) is 16.5 Å². The third-order valence-electron chi connectivity index (χ3n) is 4.65. The standard InChI is InChI=1S/C15H21N3O/c1-2-15(6-3-7-15)10-18-13-5-4-11(16)8-12(13)17-14(18)9-19/h4-5,8,19H,2-3,6-7,9-10,16H2,1H3. The van der Waals surface area contributed by atoms with Gasteiger partial charge in [0.05, 0.1) is 11.0 Å². The van der Waals surface area contributed by atoms with Gasteiger partial charge in [0.15, 0.2) is 0 Å². The van der Waals surface area contributed by atoms with Crippen molar-refractivity contribution in [3.8, 4) is 0 Å². The highest BCUT2D eigenvalue weighted by molar-refractivity contribution is 5.79. The van der Waals surface area contributed by atoms with Crippen LogP contribution in [0, 0.1) is 5.41 Å². The number of imidazole rings is 1. The number of aliphatic hydroxyl groups is 1. The lowest BCUT2D eigenvalue weighted by Crippen LogP contribution is -2.34. The number of nitrogens with zero attached hydrogens (tertiary/aromatic N) is 2. The van der Waals surface area contributed by atoms with Crippen LogP contribution in [0.2, 0.25) is 0 Å². The molecule has 4 nitrogen and oxygen atoms in total. The van der Waals surface area contributed by atoms with Gasteiger partial charge in [0.1, 0.15) is 12.4 Å². The van der Waals surface area contributed by atoms with Gasteiger partial charge >= 0.3 is 0 Å². The minimum absolute atomic E-state index is 0.0195. The molecule has 19 heavy (non-hydrogen) atoms. The second kappa shape index (κ2) is 4.53. The molecule has 1 saturated carbocycles. The van der Waals surface area contributed by atoms with Gasteiger partial charge in [-0.25, -0.2) is 4.98 Å². The van der Waals surface area contributed by atoms with Gasteiger partial charge in [-0.15, -0.1) is 0 Å². The second-order valence-electron chi connectivity index (χ2n) is 5.73. The van der Waals surface area contributed by atoms with Crippen molar-refractivity contribution in [2.45, 2.75) is 45.8 Å². The van der Waals surface area contributed by atoms with E-state index < -0.39 is 0 Å². The molecule has 0 radical (unpaired) electrons. The Morgan fingerprint density at radius 1 is 1.42 bits per heavy atom. The molecule has 4 heteroatoms. The summed E-state index contributed by atoms with van der Waals surface area (Å²) < 4.78 is 2.18. The summed E-state index contributed by atoms with van der Waals surface area (Å²) in [7, 11) is 0. The van der Waals surface area contributed by atoms with Crippen molar-refractivity contribution in [3.63, 3.8) is 0 Å². The fourth-order valence-electron chi connectivity index (χ4n) is 3.13. The Labute approximate surface area is 113 Å². The van der Waals surface area contributed by atoms with E-state index in [1.807, 2.05) is 18.2 Å². The number of nitrogens with two attached hydrogens (primary N) is 1. The van der Waals surface area contributed by atoms with E-state index in [1.54, 1.807) is 0 Å². The summed E-state index contributed by atoms with van der Waals surface area (Å²) in [6, 6.07) is 5.80. The van der Waals surface area contributed by atoms with Gasteiger partial charge in [0.2, 0.25) is 0 Å². The zero-order valence-corrected chi connectivity index (χ0v) is 11.4. The number of benzene rings is 1. The van der Waals surface area contributed by atoms with Crippen LogP contribution in [0.4, 0.5) is 5.69 Å². The SMILES string of the molecule is CCC1(Cn2c(CO)nc3cc(N)ccc32)CCC1. The van der Waals surface area contributed by atoms with E-state index in [0.717, 1.165) is 29.1 Å². The zero-order valence-electron chi connectivity index (χ0n) is 11.4. The van der Waals surface area contributed by atoms with Crippen molar-refractivity contribution in [1.82, 2.24) is 9.55 Å². The lowest BCUT2D eigenvalue weighted by Gasteiger charge is -2.42. The second-order valence-corrected chi connectivity index (χ2v) is 5.73. The highest BCUT2D eigenvalue weighted by Gasteiger charge is 2.36. The van der Waals surface area contributed by atoms with Gasteiger partial charge in [0, 0.05) is 12.2 Å². The summed E-state index contributed by atoms with van der Waals surface area (Å²) in [5, 5.41) is 9.53. The third kappa shape index (κ3) is 2.00. The Hall–Kier alpha value is -1.55. The molecule has 0 atom stereocenters. The normalized spacial score (nSPS) is 17.6. The predicted molar refractivity (Wildman–Crippen MR) is 76.6 cm³/mol. The van der Waals surface area contributed by atoms with Crippen LogP contribution in [0.25, 0.3) is 11.0 Å². The van der Waals surface area contributed by atoms with E-state index in [0.29, 0.717) is 5.41 Å². The number of aromatic nitrogens is 2. The van der Waals surface area contributed by atoms with Crippen LogP contribution >= 0.6 is 0 Å². The highest BCUT2D eigenvalue weighted by Crippen LogP contribution is 2.45. The van der Waals surface area contributed by atoms with Crippen LogP contribution in [0.1, 0.15) is 38.4 Å². The van der Waals surface area contributed by atoms with Gasteiger partial charge in [0.25, 0.3) is 0 Å². The number of rotatable bonds is 4. The number of anilines is 1. The lowest BCUT2D eigenvalue weighted by molar-refractivity contribution is 0.0985. The zero-order chi connectivity index (χ0) is 13.5. The first-order valence-electron chi connectivity index (χ1n) is 7.03. The van der Waals surface area contributed by atoms with E-state index >= 15 is 0 Å². The van der Waals surface area contributed by atoms with Gasteiger partial charge in [-0.3, -0.25) is 0 Å². The average molecular weight is 259 g/mol. The summed E-state index contributed by atoms with van der Waals surface area (Å²) >= 11 is 0. The molecule has 1 heterocycles. The monoisotopic (exact) mass is 259 g/mol. The molecule has 0 saturated heterocycles. The third-order valence-corrected chi connectivity index (χ3v) is 4.65. The molecule has 1 aliphatic rings. The molecule has 1 aromatic heterocycles. The van der Waals surface area contributed by atoms with Crippen molar-refractivity contribution >= 4 is 16.7 Å². The molecular formula is C15H21N3O. The molecule has 3 N–H and O–H groups in total. The molecule has 0 bridgehead atoms. The Kier molecular flexibility index (Phi) is 2.97. The topological polar surface area (TPSA) is 64.1 Å². The molecule has 0 aliphatic heterocycles. The molecule has 102 valence electrons. The first kappa shape index (κ1) is 12.5. The summed E-state index contributed by atoms with van der Waals surface area (Å²) in [6.07, 6.45) is 5.07. The fraction of sp³-hybridized carbons (Fsp3) is 0.533. The molecule has 2 aromatic rings. The van der Waals surface area contributed by atoms with Crippen molar-refractivity contribution in [1.29, 1.82) is 0 Å². The van der Waals surface area contributed by atoms with Crippen molar-refractivity contribution in [2.24, 2.45) is 5.41 Å². The predicted octanol–water partition coefficient (Wildman–Crippen LogP) is 2.69. The van der Waals surface area contributed by atoms with Crippen LogP contribution in [0.15, 0.2) is 18.2 Å². The quantitative estimate of drug-likeness (QED) is 0.830. The van der Waals surface area contributed by atoms with Gasteiger partial charge in [-0.05, 0) is 42.9 Å². The lowest BCUT2D eigenvalue weighted by atomic mass is 9.67. The van der Waals surface area contributed by atoms with E-state index in [-0.39, 0.29) is 6.61 Å². The molecule has 1 aromatic carbocycles. The largest absolute Gasteiger partial charge is 0.399 e. The smallest absolute Gasteiger partial charge is 0.135 e. The van der Waals surface area contributed by atoms with Gasteiger partial charge in [-0.2, -0.15) is 0 Å². The molecule has 0 spiro atoms. The van der Waals surface area contributed by atoms with E-state index in [4.69, 9.17) is 5.73 Å². The maximum absolute atomic E-state index is 9.53. The fourth-order valence-corrected chi connectivity index (χ4v) is 3.13. The summed E-state index contributed by atoms with van der Waals surface area (Å²) in [4.78, 5) is 4.50. The van der Waals surface area contributed by atoms with E-state index in [1.165, 1.54) is 25.7 Å². The minimum Gasteiger partial charge on any atom is -0.399 e. The number of aliphatic hydroxyl groups excluding tert-OH is 1. The highest BCUT2D eigenvalue weighted by atomic mass is 16.3. The molecule has 1 aliphatic carbocycles. The van der Waals surface area contributed by atoms with Gasteiger partial charge < -0.3 is 15.4 Å². The van der Waals surface area contributed by atoms with Gasteiger partial charge in [-0.1, -0.05) is 13.3 Å². The van der Waals surface area contributed by atoms with Crippen molar-refractivity contribution in [2.75, 3.05) is 5.73 Å². The first-order valence-corrected chi connectivity index (χ1v) is 7.03. The maximum Gasteiger partial charge on any atom is 0.135 e. The average Bonchev–Trinajstić information content (AvgIpc) is 2.70. The Morgan fingerprint density at radius 2 is 2.21 bits per heavy atom. The molecule has 0 amide bonds. The summed E-state index contributed by atoms with van der Waals surface area (Å²) in [5.74, 6) is 0.750. The Balaban J connectivity index is 2.05. The van der Waals surface area contributed by atoms with Crippen molar-refractivity contribution < 1.29 is 5.11 Å². The molecule has 1 fully saturated rings. The van der Waals surface area contributed by atoms with Crippen LogP contribution < -0.4 is 5.73 Å². The van der Waals surface area contributed by atoms with Crippen LogP contribution in [0.3, 0.4) is 0 Å². The van der Waals surface area contributed by atoms with E-state index in [9.17, 15) is 5.11 Å². The Morgan fingerprint density at radius 3 is 2.79 bits per heavy atom. The minimum atomic E-state index is -0.0195. The van der Waals surface area contributed by atoms with Crippen LogP contribution in [-0.4, -0.2) is 14.7 Å². The number of nitrogen functional groups attached to an aromatic ring is 1. The summed E-state index contributed by atoms with van der Waals surface area (Å²) in [6.45, 7) is 3.20. The first-order chi connectivity index (χ1) is 9.17. The number of hydrogen-bond acceptors (Lipinski definition) is 3.